The first-order valence-electron chi connectivity index (χ1n) is 6.33. The number of hydrogen-bond acceptors (Lipinski definition) is 5. The van der Waals surface area contributed by atoms with Gasteiger partial charge in [0.05, 0.1) is 12.2 Å². The van der Waals surface area contributed by atoms with Crippen LogP contribution in [0.4, 0.5) is 0 Å². The molecule has 0 spiro atoms. The second kappa shape index (κ2) is 5.09. The molecule has 2 N–H and O–H groups in total. The number of piperidine rings is 1. The van der Waals surface area contributed by atoms with E-state index in [0.717, 1.165) is 10.1 Å². The second-order valence-corrected chi connectivity index (χ2v) is 8.14. The van der Waals surface area contributed by atoms with Crippen molar-refractivity contribution in [2.24, 2.45) is 0 Å². The van der Waals surface area contributed by atoms with E-state index in [2.05, 4.69) is 0 Å². The number of rotatable bonds is 2. The number of β-amino-alcohol motifs (C(OH)–C–C–N with tert-alkyl or cyclic N) is 1. The number of benzene rings is 1. The number of hydrogen-bond donors (Lipinski definition) is 2. The van der Waals surface area contributed by atoms with Crippen molar-refractivity contribution in [3.63, 3.8) is 0 Å². The Labute approximate surface area is 121 Å². The Bertz CT molecular complexity index is 692. The van der Waals surface area contributed by atoms with Crippen molar-refractivity contribution in [3.05, 3.63) is 30.3 Å². The highest BCUT2D eigenvalue weighted by Crippen LogP contribution is 2.31. The molecule has 1 aromatic carbocycles. The molecule has 2 heterocycles. The Hall–Kier alpha value is -0.990. The van der Waals surface area contributed by atoms with Gasteiger partial charge in [0.25, 0.3) is 10.0 Å². The van der Waals surface area contributed by atoms with Crippen molar-refractivity contribution in [2.75, 3.05) is 13.1 Å². The predicted molar refractivity (Wildman–Crippen MR) is 77.2 cm³/mol. The molecule has 0 saturated carbocycles. The molecule has 0 aliphatic carbocycles. The SMILES string of the molecule is O=S(=O)(c1cc2ccccc2s1)N1CC[C@H](O)[C@H](O)C1. The Kier molecular flexibility index (Phi) is 3.55. The van der Waals surface area contributed by atoms with Crippen molar-refractivity contribution in [2.45, 2.75) is 22.8 Å². The zero-order valence-corrected chi connectivity index (χ0v) is 12.3. The van der Waals surface area contributed by atoms with Gasteiger partial charge in [0.2, 0.25) is 0 Å². The zero-order valence-electron chi connectivity index (χ0n) is 10.6. The van der Waals surface area contributed by atoms with Gasteiger partial charge in [-0.2, -0.15) is 4.31 Å². The highest BCUT2D eigenvalue weighted by atomic mass is 32.2. The topological polar surface area (TPSA) is 77.8 Å². The van der Waals surface area contributed by atoms with Crippen LogP contribution in [0.1, 0.15) is 6.42 Å². The summed E-state index contributed by atoms with van der Waals surface area (Å²) < 4.78 is 27.6. The summed E-state index contributed by atoms with van der Waals surface area (Å²) in [6, 6.07) is 9.16. The average molecular weight is 313 g/mol. The van der Waals surface area contributed by atoms with Gasteiger partial charge in [-0.05, 0) is 23.9 Å². The molecule has 1 saturated heterocycles. The molecule has 1 aliphatic heterocycles. The molecule has 5 nitrogen and oxygen atoms in total. The van der Waals surface area contributed by atoms with Crippen molar-refractivity contribution in [3.8, 4) is 0 Å². The summed E-state index contributed by atoms with van der Waals surface area (Å²) in [6.45, 7) is 0.173. The number of thiophene rings is 1. The number of aliphatic hydroxyl groups is 2. The Morgan fingerprint density at radius 2 is 1.95 bits per heavy atom. The molecule has 0 amide bonds. The van der Waals surface area contributed by atoms with E-state index in [0.29, 0.717) is 0 Å². The average Bonchev–Trinajstić information content (AvgIpc) is 2.86. The number of nitrogens with zero attached hydrogens (tertiary/aromatic N) is 1. The fraction of sp³-hybridized carbons (Fsp3) is 0.385. The molecule has 2 atom stereocenters. The fourth-order valence-corrected chi connectivity index (χ4v) is 5.35. The zero-order chi connectivity index (χ0) is 14.3. The summed E-state index contributed by atoms with van der Waals surface area (Å²) in [7, 11) is -3.60. The first-order chi connectivity index (χ1) is 9.48. The van der Waals surface area contributed by atoms with Gasteiger partial charge in [-0.1, -0.05) is 18.2 Å². The minimum atomic E-state index is -3.60. The van der Waals surface area contributed by atoms with E-state index in [1.54, 1.807) is 6.07 Å². The van der Waals surface area contributed by atoms with Crippen LogP contribution in [-0.2, 0) is 10.0 Å². The van der Waals surface area contributed by atoms with Crippen LogP contribution in [0.3, 0.4) is 0 Å². The number of sulfonamides is 1. The molecule has 0 unspecified atom stereocenters. The predicted octanol–water partition coefficient (Wildman–Crippen LogP) is 1.02. The van der Waals surface area contributed by atoms with Crippen LogP contribution in [0.2, 0.25) is 0 Å². The summed E-state index contributed by atoms with van der Waals surface area (Å²) in [5, 5.41) is 20.0. The van der Waals surface area contributed by atoms with Gasteiger partial charge in [0.15, 0.2) is 0 Å². The van der Waals surface area contributed by atoms with Crippen LogP contribution in [0, 0.1) is 0 Å². The van der Waals surface area contributed by atoms with E-state index in [-0.39, 0.29) is 23.7 Å². The largest absolute Gasteiger partial charge is 0.390 e. The van der Waals surface area contributed by atoms with Gasteiger partial charge in [-0.15, -0.1) is 11.3 Å². The monoisotopic (exact) mass is 313 g/mol. The number of aliphatic hydroxyl groups excluding tert-OH is 2. The van der Waals surface area contributed by atoms with E-state index in [1.807, 2.05) is 24.3 Å². The summed E-state index contributed by atoms with van der Waals surface area (Å²) in [6.07, 6.45) is -1.61. The molecule has 20 heavy (non-hydrogen) atoms. The normalized spacial score (nSPS) is 25.1. The van der Waals surface area contributed by atoms with Gasteiger partial charge in [-0.25, -0.2) is 8.42 Å². The van der Waals surface area contributed by atoms with Gasteiger partial charge in [0, 0.05) is 17.8 Å². The van der Waals surface area contributed by atoms with Gasteiger partial charge < -0.3 is 10.2 Å². The van der Waals surface area contributed by atoms with E-state index in [9.17, 15) is 18.6 Å². The molecule has 0 bridgehead atoms. The molecule has 108 valence electrons. The van der Waals surface area contributed by atoms with E-state index in [4.69, 9.17) is 0 Å². The molecule has 1 fully saturated rings. The lowest BCUT2D eigenvalue weighted by Gasteiger charge is -2.32. The van der Waals surface area contributed by atoms with Crippen molar-refractivity contribution in [1.82, 2.24) is 4.31 Å². The molecule has 7 heteroatoms. The molecular formula is C13H15NO4S2. The third-order valence-electron chi connectivity index (χ3n) is 3.51. The van der Waals surface area contributed by atoms with Gasteiger partial charge in [-0.3, -0.25) is 0 Å². The van der Waals surface area contributed by atoms with Crippen LogP contribution in [0.15, 0.2) is 34.5 Å². The van der Waals surface area contributed by atoms with Crippen LogP contribution in [0.25, 0.3) is 10.1 Å². The lowest BCUT2D eigenvalue weighted by atomic mass is 10.1. The van der Waals surface area contributed by atoms with Crippen LogP contribution in [-0.4, -0.2) is 48.2 Å². The molecule has 0 radical (unpaired) electrons. The minimum Gasteiger partial charge on any atom is -0.390 e. The maximum Gasteiger partial charge on any atom is 0.252 e. The second-order valence-electron chi connectivity index (χ2n) is 4.89. The van der Waals surface area contributed by atoms with E-state index >= 15 is 0 Å². The smallest absolute Gasteiger partial charge is 0.252 e. The maximum absolute atomic E-state index is 12.6. The molecule has 1 aromatic heterocycles. The first kappa shape index (κ1) is 14.0. The van der Waals surface area contributed by atoms with Gasteiger partial charge >= 0.3 is 0 Å². The van der Waals surface area contributed by atoms with Crippen LogP contribution >= 0.6 is 11.3 Å². The fourth-order valence-electron chi connectivity index (χ4n) is 2.32. The molecule has 3 rings (SSSR count). The highest BCUT2D eigenvalue weighted by Gasteiger charge is 2.34. The summed E-state index contributed by atoms with van der Waals surface area (Å²) in [5.41, 5.74) is 0. The Balaban J connectivity index is 1.95. The summed E-state index contributed by atoms with van der Waals surface area (Å²) in [5.74, 6) is 0. The molecule has 2 aromatic rings. The maximum atomic E-state index is 12.6. The van der Waals surface area contributed by atoms with E-state index in [1.165, 1.54) is 15.6 Å². The standard InChI is InChI=1S/C13H15NO4S2/c15-10-5-6-14(8-11(10)16)20(17,18)13-7-9-3-1-2-4-12(9)19-13/h1-4,7,10-11,15-16H,5-6,8H2/t10-,11+/m0/s1. The lowest BCUT2D eigenvalue weighted by molar-refractivity contribution is -0.0191. The van der Waals surface area contributed by atoms with Crippen LogP contribution < -0.4 is 0 Å². The third kappa shape index (κ3) is 2.36. The van der Waals surface area contributed by atoms with Crippen molar-refractivity contribution >= 4 is 31.4 Å². The first-order valence-corrected chi connectivity index (χ1v) is 8.59. The third-order valence-corrected chi connectivity index (χ3v) is 6.94. The number of fused-ring (bicyclic) bond motifs is 1. The molecular weight excluding hydrogens is 298 g/mol. The highest BCUT2D eigenvalue weighted by molar-refractivity contribution is 7.91. The molecule has 1 aliphatic rings. The summed E-state index contributed by atoms with van der Waals surface area (Å²) >= 11 is 1.23. The summed E-state index contributed by atoms with van der Waals surface area (Å²) in [4.78, 5) is 0. The Morgan fingerprint density at radius 1 is 1.20 bits per heavy atom. The van der Waals surface area contributed by atoms with Gasteiger partial charge in [0.1, 0.15) is 4.21 Å². The van der Waals surface area contributed by atoms with Crippen molar-refractivity contribution in [1.29, 1.82) is 0 Å². The van der Waals surface area contributed by atoms with Crippen molar-refractivity contribution < 1.29 is 18.6 Å². The quantitative estimate of drug-likeness (QED) is 0.868. The lowest BCUT2D eigenvalue weighted by Crippen LogP contribution is -2.48. The minimum absolute atomic E-state index is 0.0578. The van der Waals surface area contributed by atoms with Crippen LogP contribution in [0.5, 0.6) is 0 Å². The Morgan fingerprint density at radius 3 is 2.65 bits per heavy atom. The van der Waals surface area contributed by atoms with E-state index < -0.39 is 22.2 Å².